The summed E-state index contributed by atoms with van der Waals surface area (Å²) in [6.07, 6.45) is 2.17. The Hall–Kier alpha value is -2.97. The highest BCUT2D eigenvalue weighted by atomic mass is 16.4. The first-order valence-corrected chi connectivity index (χ1v) is 8.64. The highest BCUT2D eigenvalue weighted by Gasteiger charge is 2.38. The van der Waals surface area contributed by atoms with E-state index < -0.39 is 17.8 Å². The van der Waals surface area contributed by atoms with Crippen LogP contribution in [0.1, 0.15) is 29.6 Å². The maximum atomic E-state index is 12.9. The van der Waals surface area contributed by atoms with E-state index in [1.165, 1.54) is 4.90 Å². The average Bonchev–Trinajstić information content (AvgIpc) is 3.33. The molecule has 2 atom stereocenters. The first-order valence-electron chi connectivity index (χ1n) is 8.64. The normalized spacial score (nSPS) is 23.0. The van der Waals surface area contributed by atoms with Gasteiger partial charge in [0, 0.05) is 24.7 Å². The molecular formula is C17H19N5O4. The SMILES string of the molecule is O=C(O)[C@H]1C[C@@H](C(=O)NC2CC2)CN(C(=O)c2ccc3n[nH]nc3c2)C1. The van der Waals surface area contributed by atoms with Crippen molar-refractivity contribution in [2.45, 2.75) is 25.3 Å². The van der Waals surface area contributed by atoms with Crippen LogP contribution < -0.4 is 5.32 Å². The van der Waals surface area contributed by atoms with Crippen molar-refractivity contribution in [1.29, 1.82) is 0 Å². The highest BCUT2D eigenvalue weighted by molar-refractivity contribution is 5.98. The van der Waals surface area contributed by atoms with Crippen LogP contribution in [0.25, 0.3) is 11.0 Å². The number of carboxylic acids is 1. The number of aliphatic carboxylic acids is 1. The lowest BCUT2D eigenvalue weighted by molar-refractivity contribution is -0.144. The quantitative estimate of drug-likeness (QED) is 0.726. The molecular weight excluding hydrogens is 338 g/mol. The summed E-state index contributed by atoms with van der Waals surface area (Å²) in [6, 6.07) is 5.13. The van der Waals surface area contributed by atoms with Gasteiger partial charge in [-0.1, -0.05) is 0 Å². The molecule has 2 fully saturated rings. The van der Waals surface area contributed by atoms with Gasteiger partial charge < -0.3 is 15.3 Å². The van der Waals surface area contributed by atoms with E-state index in [-0.39, 0.29) is 37.4 Å². The summed E-state index contributed by atoms with van der Waals surface area (Å²) in [6.45, 7) is 0.316. The topological polar surface area (TPSA) is 128 Å². The first-order chi connectivity index (χ1) is 12.5. The monoisotopic (exact) mass is 357 g/mol. The lowest BCUT2D eigenvalue weighted by Crippen LogP contribution is -2.50. The van der Waals surface area contributed by atoms with Gasteiger partial charge in [0.25, 0.3) is 5.91 Å². The van der Waals surface area contributed by atoms with Crippen LogP contribution in [0.4, 0.5) is 0 Å². The summed E-state index contributed by atoms with van der Waals surface area (Å²) in [5.41, 5.74) is 1.61. The number of likely N-dealkylation sites (tertiary alicyclic amines) is 1. The first kappa shape index (κ1) is 16.5. The van der Waals surface area contributed by atoms with Crippen molar-refractivity contribution >= 4 is 28.8 Å². The van der Waals surface area contributed by atoms with Crippen LogP contribution in [0.15, 0.2) is 18.2 Å². The second kappa shape index (κ2) is 6.40. The largest absolute Gasteiger partial charge is 0.481 e. The zero-order valence-corrected chi connectivity index (χ0v) is 14.0. The molecule has 136 valence electrons. The van der Waals surface area contributed by atoms with E-state index >= 15 is 0 Å². The fourth-order valence-corrected chi connectivity index (χ4v) is 3.34. The molecule has 9 heteroatoms. The summed E-state index contributed by atoms with van der Waals surface area (Å²) >= 11 is 0. The molecule has 9 nitrogen and oxygen atoms in total. The third kappa shape index (κ3) is 3.24. The fraction of sp³-hybridized carbons (Fsp3) is 0.471. The molecule has 1 aromatic heterocycles. The number of carbonyl (C=O) groups excluding carboxylic acids is 2. The van der Waals surface area contributed by atoms with E-state index in [1.807, 2.05) is 0 Å². The van der Waals surface area contributed by atoms with E-state index in [4.69, 9.17) is 0 Å². The number of fused-ring (bicyclic) bond motifs is 1. The molecule has 0 spiro atoms. The number of aromatic nitrogens is 3. The molecule has 1 saturated carbocycles. The van der Waals surface area contributed by atoms with Gasteiger partial charge in [-0.2, -0.15) is 15.4 Å². The van der Waals surface area contributed by atoms with E-state index in [9.17, 15) is 19.5 Å². The maximum absolute atomic E-state index is 12.9. The Morgan fingerprint density at radius 1 is 1.12 bits per heavy atom. The second-order valence-electron chi connectivity index (χ2n) is 6.99. The Morgan fingerprint density at radius 2 is 1.85 bits per heavy atom. The minimum Gasteiger partial charge on any atom is -0.481 e. The Kier molecular flexibility index (Phi) is 4.06. The highest BCUT2D eigenvalue weighted by Crippen LogP contribution is 2.26. The molecule has 1 saturated heterocycles. The number of hydrogen-bond acceptors (Lipinski definition) is 5. The summed E-state index contributed by atoms with van der Waals surface area (Å²) in [5.74, 6) is -2.71. The summed E-state index contributed by atoms with van der Waals surface area (Å²) in [4.78, 5) is 38.2. The van der Waals surface area contributed by atoms with E-state index in [0.717, 1.165) is 12.8 Å². The van der Waals surface area contributed by atoms with Gasteiger partial charge in [0.05, 0.1) is 11.8 Å². The van der Waals surface area contributed by atoms with Crippen LogP contribution in [0.3, 0.4) is 0 Å². The van der Waals surface area contributed by atoms with Crippen molar-refractivity contribution in [2.24, 2.45) is 11.8 Å². The van der Waals surface area contributed by atoms with Crippen molar-refractivity contribution in [3.05, 3.63) is 23.8 Å². The lowest BCUT2D eigenvalue weighted by Gasteiger charge is -2.35. The van der Waals surface area contributed by atoms with E-state index in [0.29, 0.717) is 16.6 Å². The number of benzene rings is 1. The zero-order chi connectivity index (χ0) is 18.3. The minimum absolute atomic E-state index is 0.0955. The Balaban J connectivity index is 1.55. The predicted octanol–water partition coefficient (Wildman–Crippen LogP) is 0.399. The fourth-order valence-electron chi connectivity index (χ4n) is 3.34. The minimum atomic E-state index is -0.987. The van der Waals surface area contributed by atoms with Gasteiger partial charge in [-0.25, -0.2) is 0 Å². The van der Waals surface area contributed by atoms with Crippen LogP contribution in [0.2, 0.25) is 0 Å². The molecule has 1 aliphatic heterocycles. The standard InChI is InChI=1S/C17H19N5O4/c23-15(18-12-2-3-12)10-5-11(17(25)26)8-22(7-10)16(24)9-1-4-13-14(6-9)20-21-19-13/h1,4,6,10-12H,2-3,5,7-8H2,(H,18,23)(H,25,26)(H,19,20,21)/t10-,11+/m1/s1. The van der Waals surface area contributed by atoms with Crippen molar-refractivity contribution in [3.63, 3.8) is 0 Å². The third-order valence-corrected chi connectivity index (χ3v) is 4.94. The number of carboxylic acid groups (broad SMARTS) is 1. The van der Waals surface area contributed by atoms with Crippen molar-refractivity contribution in [1.82, 2.24) is 25.6 Å². The number of rotatable bonds is 4. The molecule has 2 heterocycles. The number of nitrogens with one attached hydrogen (secondary N) is 2. The summed E-state index contributed by atoms with van der Waals surface area (Å²) in [5, 5.41) is 22.7. The smallest absolute Gasteiger partial charge is 0.308 e. The predicted molar refractivity (Wildman–Crippen MR) is 90.2 cm³/mol. The van der Waals surface area contributed by atoms with Crippen LogP contribution in [-0.4, -0.2) is 62.3 Å². The third-order valence-electron chi connectivity index (χ3n) is 4.94. The van der Waals surface area contributed by atoms with Gasteiger partial charge in [-0.15, -0.1) is 0 Å². The van der Waals surface area contributed by atoms with Gasteiger partial charge >= 0.3 is 5.97 Å². The molecule has 2 aliphatic rings. The number of carbonyl (C=O) groups is 3. The van der Waals surface area contributed by atoms with E-state index in [1.54, 1.807) is 18.2 Å². The molecule has 0 bridgehead atoms. The Morgan fingerprint density at radius 3 is 2.58 bits per heavy atom. The number of amides is 2. The van der Waals surface area contributed by atoms with E-state index in [2.05, 4.69) is 20.7 Å². The zero-order valence-electron chi connectivity index (χ0n) is 14.0. The van der Waals surface area contributed by atoms with Gasteiger partial charge in [-0.3, -0.25) is 14.4 Å². The number of nitrogens with zero attached hydrogens (tertiary/aromatic N) is 3. The molecule has 26 heavy (non-hydrogen) atoms. The molecule has 2 amide bonds. The van der Waals surface area contributed by atoms with Gasteiger partial charge in [0.15, 0.2) is 0 Å². The molecule has 0 unspecified atom stereocenters. The summed E-state index contributed by atoms with van der Waals surface area (Å²) < 4.78 is 0. The average molecular weight is 357 g/mol. The van der Waals surface area contributed by atoms with Gasteiger partial charge in [0.1, 0.15) is 11.0 Å². The van der Waals surface area contributed by atoms with Gasteiger partial charge in [0.2, 0.25) is 5.91 Å². The molecule has 1 aromatic carbocycles. The maximum Gasteiger partial charge on any atom is 0.308 e. The molecule has 3 N–H and O–H groups in total. The lowest BCUT2D eigenvalue weighted by atomic mass is 9.88. The van der Waals surface area contributed by atoms with Crippen molar-refractivity contribution < 1.29 is 19.5 Å². The summed E-state index contributed by atoms with van der Waals surface area (Å²) in [7, 11) is 0. The van der Waals surface area contributed by atoms with Crippen LogP contribution in [0.5, 0.6) is 0 Å². The number of H-pyrrole nitrogens is 1. The van der Waals surface area contributed by atoms with Crippen molar-refractivity contribution in [3.8, 4) is 0 Å². The van der Waals surface area contributed by atoms with Gasteiger partial charge in [-0.05, 0) is 37.5 Å². The number of aromatic amines is 1. The van der Waals surface area contributed by atoms with Crippen molar-refractivity contribution in [2.75, 3.05) is 13.1 Å². The van der Waals surface area contributed by atoms with Crippen LogP contribution in [0, 0.1) is 11.8 Å². The molecule has 1 aliphatic carbocycles. The molecule has 4 rings (SSSR count). The Bertz CT molecular complexity index is 875. The molecule has 2 aromatic rings. The number of piperidine rings is 1. The van der Waals surface area contributed by atoms with Crippen LogP contribution in [-0.2, 0) is 9.59 Å². The Labute approximate surface area is 148 Å². The number of hydrogen-bond donors (Lipinski definition) is 3. The second-order valence-corrected chi connectivity index (χ2v) is 6.99. The van der Waals surface area contributed by atoms with Crippen LogP contribution >= 0.6 is 0 Å². The molecule has 0 radical (unpaired) electrons.